The van der Waals surface area contributed by atoms with Gasteiger partial charge >= 0.3 is 0 Å². The molecule has 3 heteroatoms. The van der Waals surface area contributed by atoms with Crippen LogP contribution in [-0.2, 0) is 4.84 Å². The summed E-state index contributed by atoms with van der Waals surface area (Å²) in [5.74, 6) is 0.494. The second-order valence-electron chi connectivity index (χ2n) is 2.67. The molecule has 0 fully saturated rings. The lowest BCUT2D eigenvalue weighted by molar-refractivity contribution is -0.164. The van der Waals surface area contributed by atoms with Gasteiger partial charge < -0.3 is 4.84 Å². The predicted molar refractivity (Wildman–Crippen MR) is 40.8 cm³/mol. The highest BCUT2D eigenvalue weighted by molar-refractivity contribution is 5.61. The molecule has 3 nitrogen and oxygen atoms in total. The number of nitrogens with zero attached hydrogens (tertiary/aromatic N) is 2. The summed E-state index contributed by atoms with van der Waals surface area (Å²) >= 11 is 0. The van der Waals surface area contributed by atoms with Crippen molar-refractivity contribution >= 4 is 6.21 Å². The number of rotatable bonds is 1. The summed E-state index contributed by atoms with van der Waals surface area (Å²) < 4.78 is 0. The van der Waals surface area contributed by atoms with E-state index < -0.39 is 0 Å². The van der Waals surface area contributed by atoms with Gasteiger partial charge in [-0.1, -0.05) is 6.92 Å². The lowest BCUT2D eigenvalue weighted by Gasteiger charge is -2.30. The molecule has 1 heterocycles. The van der Waals surface area contributed by atoms with Gasteiger partial charge in [0.15, 0.2) is 0 Å². The van der Waals surface area contributed by atoms with Crippen molar-refractivity contribution < 1.29 is 4.84 Å². The summed E-state index contributed by atoms with van der Waals surface area (Å²) in [5, 5.41) is 1.88. The molecule has 2 unspecified atom stereocenters. The largest absolute Gasteiger partial charge is 0.300 e. The van der Waals surface area contributed by atoms with E-state index in [2.05, 4.69) is 18.8 Å². The van der Waals surface area contributed by atoms with Crippen LogP contribution in [0.2, 0.25) is 0 Å². The van der Waals surface area contributed by atoms with Gasteiger partial charge in [0.25, 0.3) is 0 Å². The van der Waals surface area contributed by atoms with Crippen LogP contribution in [0, 0.1) is 5.92 Å². The van der Waals surface area contributed by atoms with E-state index in [-0.39, 0.29) is 0 Å². The molecule has 0 saturated carbocycles. The summed E-state index contributed by atoms with van der Waals surface area (Å²) in [6.45, 7) is 4.95. The Morgan fingerprint density at radius 1 is 1.60 bits per heavy atom. The first kappa shape index (κ1) is 7.69. The van der Waals surface area contributed by atoms with Crippen LogP contribution in [0.1, 0.15) is 13.8 Å². The summed E-state index contributed by atoms with van der Waals surface area (Å²) in [6, 6.07) is 0.447. The van der Waals surface area contributed by atoms with E-state index in [9.17, 15) is 0 Å². The van der Waals surface area contributed by atoms with Gasteiger partial charge in [-0.25, -0.2) is 0 Å². The van der Waals surface area contributed by atoms with Gasteiger partial charge in [-0.3, -0.25) is 4.99 Å². The minimum atomic E-state index is 0.447. The second-order valence-corrected chi connectivity index (χ2v) is 2.67. The van der Waals surface area contributed by atoms with Crippen molar-refractivity contribution in [3.8, 4) is 0 Å². The molecule has 0 spiro atoms. The lowest BCUT2D eigenvalue weighted by Crippen LogP contribution is -2.40. The third-order valence-corrected chi connectivity index (χ3v) is 2.01. The Hall–Kier alpha value is -0.410. The van der Waals surface area contributed by atoms with Crippen LogP contribution in [0.15, 0.2) is 4.99 Å². The molecule has 1 aliphatic heterocycles. The fourth-order valence-electron chi connectivity index (χ4n) is 1.03. The Morgan fingerprint density at radius 2 is 2.30 bits per heavy atom. The van der Waals surface area contributed by atoms with Gasteiger partial charge in [0, 0.05) is 18.2 Å². The van der Waals surface area contributed by atoms with Gasteiger partial charge in [0.1, 0.15) is 6.67 Å². The zero-order valence-electron chi connectivity index (χ0n) is 6.74. The fraction of sp³-hybridized carbons (Fsp3) is 0.857. The van der Waals surface area contributed by atoms with Gasteiger partial charge in [-0.05, 0) is 6.92 Å². The molecule has 2 atom stereocenters. The molecule has 0 aromatic heterocycles. The SMILES string of the molecule is CON1CN=CC(C)C1C. The maximum atomic E-state index is 5.09. The Morgan fingerprint density at radius 3 is 2.80 bits per heavy atom. The molecular formula is C7H14N2O. The van der Waals surface area contributed by atoms with Gasteiger partial charge in [0.05, 0.1) is 7.11 Å². The first-order chi connectivity index (χ1) is 4.75. The quantitative estimate of drug-likeness (QED) is 0.543. The Balaban J connectivity index is 2.56. The predicted octanol–water partition coefficient (Wildman–Crippen LogP) is 0.916. The number of aliphatic imine (C=N–C) groups is 1. The highest BCUT2D eigenvalue weighted by Gasteiger charge is 2.21. The van der Waals surface area contributed by atoms with Crippen LogP contribution in [0.25, 0.3) is 0 Å². The highest BCUT2D eigenvalue weighted by Crippen LogP contribution is 2.12. The Labute approximate surface area is 61.6 Å². The minimum Gasteiger partial charge on any atom is -0.300 e. The van der Waals surface area contributed by atoms with E-state index in [0.717, 1.165) is 0 Å². The third-order valence-electron chi connectivity index (χ3n) is 2.01. The van der Waals surface area contributed by atoms with Crippen LogP contribution in [0.5, 0.6) is 0 Å². The minimum absolute atomic E-state index is 0.447. The van der Waals surface area contributed by atoms with Crippen molar-refractivity contribution in [3.63, 3.8) is 0 Å². The second kappa shape index (κ2) is 3.12. The zero-order chi connectivity index (χ0) is 7.56. The van der Waals surface area contributed by atoms with E-state index in [4.69, 9.17) is 4.84 Å². The van der Waals surface area contributed by atoms with E-state index >= 15 is 0 Å². The van der Waals surface area contributed by atoms with Crippen LogP contribution in [-0.4, -0.2) is 31.1 Å². The lowest BCUT2D eigenvalue weighted by atomic mass is 10.0. The molecule has 0 N–H and O–H groups in total. The molecule has 1 rings (SSSR count). The van der Waals surface area contributed by atoms with Crippen molar-refractivity contribution in [3.05, 3.63) is 0 Å². The van der Waals surface area contributed by atoms with Crippen molar-refractivity contribution in [1.29, 1.82) is 0 Å². The standard InChI is InChI=1S/C7H14N2O/c1-6-4-8-5-9(10-3)7(6)2/h4,6-7H,5H2,1-3H3. The normalized spacial score (nSPS) is 34.7. The van der Waals surface area contributed by atoms with Crippen LogP contribution >= 0.6 is 0 Å². The third kappa shape index (κ3) is 1.36. The van der Waals surface area contributed by atoms with Gasteiger partial charge in [0.2, 0.25) is 0 Å². The van der Waals surface area contributed by atoms with Crippen LogP contribution in [0.3, 0.4) is 0 Å². The number of hydrogen-bond donors (Lipinski definition) is 0. The topological polar surface area (TPSA) is 24.8 Å². The maximum absolute atomic E-state index is 5.09. The smallest absolute Gasteiger partial charge is 0.114 e. The zero-order valence-corrected chi connectivity index (χ0v) is 6.74. The Bertz CT molecular complexity index is 136. The molecule has 0 bridgehead atoms. The molecule has 0 aromatic carbocycles. The number of hydrogen-bond acceptors (Lipinski definition) is 3. The molecule has 0 amide bonds. The molecule has 0 aromatic rings. The summed E-state index contributed by atoms with van der Waals surface area (Å²) in [4.78, 5) is 9.23. The first-order valence-electron chi connectivity index (χ1n) is 3.56. The van der Waals surface area contributed by atoms with Crippen LogP contribution in [0.4, 0.5) is 0 Å². The summed E-state index contributed by atoms with van der Waals surface area (Å²) in [5.41, 5.74) is 0. The molecule has 58 valence electrons. The maximum Gasteiger partial charge on any atom is 0.114 e. The average molecular weight is 142 g/mol. The van der Waals surface area contributed by atoms with E-state index in [1.807, 2.05) is 11.3 Å². The van der Waals surface area contributed by atoms with Crippen LogP contribution < -0.4 is 0 Å². The van der Waals surface area contributed by atoms with E-state index in [0.29, 0.717) is 18.6 Å². The van der Waals surface area contributed by atoms with Crippen molar-refractivity contribution in [1.82, 2.24) is 5.06 Å². The molecule has 10 heavy (non-hydrogen) atoms. The van der Waals surface area contributed by atoms with Crippen molar-refractivity contribution in [2.45, 2.75) is 19.9 Å². The summed E-state index contributed by atoms with van der Waals surface area (Å²) in [6.07, 6.45) is 1.99. The van der Waals surface area contributed by atoms with Gasteiger partial charge in [-0.2, -0.15) is 5.06 Å². The first-order valence-corrected chi connectivity index (χ1v) is 3.56. The van der Waals surface area contributed by atoms with Crippen molar-refractivity contribution in [2.24, 2.45) is 10.9 Å². The fourth-order valence-corrected chi connectivity index (χ4v) is 1.03. The van der Waals surface area contributed by atoms with E-state index in [1.165, 1.54) is 0 Å². The highest BCUT2D eigenvalue weighted by atomic mass is 16.7. The Kier molecular flexibility index (Phi) is 2.40. The number of hydroxylamine groups is 2. The molecule has 0 aliphatic carbocycles. The average Bonchev–Trinajstić information content (AvgIpc) is 1.95. The molecular weight excluding hydrogens is 128 g/mol. The van der Waals surface area contributed by atoms with E-state index in [1.54, 1.807) is 7.11 Å². The summed E-state index contributed by atoms with van der Waals surface area (Å²) in [7, 11) is 1.68. The monoisotopic (exact) mass is 142 g/mol. The molecule has 1 aliphatic rings. The van der Waals surface area contributed by atoms with Gasteiger partial charge in [-0.15, -0.1) is 0 Å². The molecule has 0 saturated heterocycles. The molecule has 0 radical (unpaired) electrons. The van der Waals surface area contributed by atoms with Crippen molar-refractivity contribution in [2.75, 3.05) is 13.8 Å².